The van der Waals surface area contributed by atoms with Crippen LogP contribution in [0, 0.1) is 19.5 Å². The molecule has 0 saturated carbocycles. The SMILES string of the molecule is O=[N+]([O-])c1cc(F)c(Br)cc1I. The monoisotopic (exact) mass is 345 g/mol. The predicted octanol–water partition coefficient (Wildman–Crippen LogP) is 3.10. The lowest BCUT2D eigenvalue weighted by Gasteiger charge is -1.97. The fourth-order valence-corrected chi connectivity index (χ4v) is 2.09. The zero-order valence-corrected chi connectivity index (χ0v) is 9.30. The molecule has 0 aliphatic rings. The van der Waals surface area contributed by atoms with Gasteiger partial charge in [-0.15, -0.1) is 0 Å². The van der Waals surface area contributed by atoms with Crippen LogP contribution in [-0.4, -0.2) is 4.92 Å². The lowest BCUT2D eigenvalue weighted by Crippen LogP contribution is -1.93. The van der Waals surface area contributed by atoms with Crippen molar-refractivity contribution in [3.8, 4) is 0 Å². The van der Waals surface area contributed by atoms with Gasteiger partial charge in [0.1, 0.15) is 5.82 Å². The van der Waals surface area contributed by atoms with Crippen LogP contribution in [0.4, 0.5) is 10.1 Å². The molecule has 1 aromatic carbocycles. The first-order valence-corrected chi connectivity index (χ1v) is 4.68. The van der Waals surface area contributed by atoms with E-state index in [4.69, 9.17) is 0 Å². The molecule has 0 bridgehead atoms. The average molecular weight is 346 g/mol. The van der Waals surface area contributed by atoms with Gasteiger partial charge in [0.2, 0.25) is 0 Å². The lowest BCUT2D eigenvalue weighted by molar-refractivity contribution is -0.386. The first-order valence-electron chi connectivity index (χ1n) is 2.81. The van der Waals surface area contributed by atoms with Crippen molar-refractivity contribution in [1.29, 1.82) is 0 Å². The molecule has 12 heavy (non-hydrogen) atoms. The minimum atomic E-state index is -0.623. The summed E-state index contributed by atoms with van der Waals surface area (Å²) in [5.74, 6) is -0.623. The van der Waals surface area contributed by atoms with Crippen molar-refractivity contribution in [1.82, 2.24) is 0 Å². The van der Waals surface area contributed by atoms with Crippen molar-refractivity contribution in [3.05, 3.63) is 36.1 Å². The van der Waals surface area contributed by atoms with E-state index in [9.17, 15) is 14.5 Å². The van der Waals surface area contributed by atoms with E-state index in [1.165, 1.54) is 6.07 Å². The summed E-state index contributed by atoms with van der Waals surface area (Å²) in [6.45, 7) is 0. The van der Waals surface area contributed by atoms with Gasteiger partial charge in [0, 0.05) is 0 Å². The van der Waals surface area contributed by atoms with E-state index in [1.54, 1.807) is 22.6 Å². The normalized spacial score (nSPS) is 9.92. The number of hydrogen-bond acceptors (Lipinski definition) is 2. The number of benzene rings is 1. The van der Waals surface area contributed by atoms with Crippen LogP contribution in [0.25, 0.3) is 0 Å². The van der Waals surface area contributed by atoms with E-state index in [2.05, 4.69) is 15.9 Å². The highest BCUT2D eigenvalue weighted by Crippen LogP contribution is 2.27. The highest BCUT2D eigenvalue weighted by atomic mass is 127. The van der Waals surface area contributed by atoms with Gasteiger partial charge in [0.25, 0.3) is 5.69 Å². The molecule has 64 valence electrons. The Morgan fingerprint density at radius 1 is 1.58 bits per heavy atom. The van der Waals surface area contributed by atoms with Crippen LogP contribution in [0.15, 0.2) is 16.6 Å². The van der Waals surface area contributed by atoms with Crippen LogP contribution in [0.5, 0.6) is 0 Å². The highest BCUT2D eigenvalue weighted by molar-refractivity contribution is 14.1. The third-order valence-electron chi connectivity index (χ3n) is 1.19. The molecule has 0 unspecified atom stereocenters. The standard InChI is InChI=1S/C6H2BrFINO2/c7-3-1-5(9)6(10(11)12)2-4(3)8/h1-2H. The van der Waals surface area contributed by atoms with Crippen LogP contribution in [0.3, 0.4) is 0 Å². The third kappa shape index (κ3) is 1.92. The van der Waals surface area contributed by atoms with E-state index in [1.807, 2.05) is 0 Å². The van der Waals surface area contributed by atoms with Gasteiger partial charge >= 0.3 is 0 Å². The number of nitro groups is 1. The molecule has 0 amide bonds. The van der Waals surface area contributed by atoms with Crippen molar-refractivity contribution >= 4 is 44.2 Å². The lowest BCUT2D eigenvalue weighted by atomic mass is 10.3. The number of nitrogens with zero attached hydrogens (tertiary/aromatic N) is 1. The molecule has 0 aliphatic heterocycles. The molecule has 0 radical (unpaired) electrons. The Morgan fingerprint density at radius 3 is 2.67 bits per heavy atom. The quantitative estimate of drug-likeness (QED) is 0.340. The Bertz CT molecular complexity index is 345. The minimum absolute atomic E-state index is 0.212. The smallest absolute Gasteiger partial charge is 0.258 e. The topological polar surface area (TPSA) is 43.1 Å². The Morgan fingerprint density at radius 2 is 2.17 bits per heavy atom. The van der Waals surface area contributed by atoms with Crippen molar-refractivity contribution in [2.75, 3.05) is 0 Å². The summed E-state index contributed by atoms with van der Waals surface area (Å²) in [4.78, 5) is 9.69. The number of nitro benzene ring substituents is 1. The molecule has 3 nitrogen and oxygen atoms in total. The van der Waals surface area contributed by atoms with Gasteiger partial charge in [0.05, 0.1) is 19.0 Å². The average Bonchev–Trinajstić information content (AvgIpc) is 1.96. The van der Waals surface area contributed by atoms with Gasteiger partial charge in [-0.25, -0.2) is 4.39 Å². The summed E-state index contributed by atoms with van der Waals surface area (Å²) < 4.78 is 13.4. The molecular formula is C6H2BrFINO2. The van der Waals surface area contributed by atoms with Crippen molar-refractivity contribution in [3.63, 3.8) is 0 Å². The second-order valence-electron chi connectivity index (χ2n) is 1.97. The first kappa shape index (κ1) is 9.85. The molecule has 1 aromatic rings. The largest absolute Gasteiger partial charge is 0.285 e. The molecule has 6 heteroatoms. The Balaban J connectivity index is 3.33. The van der Waals surface area contributed by atoms with Crippen molar-refractivity contribution in [2.24, 2.45) is 0 Å². The molecule has 0 aromatic heterocycles. The summed E-state index contributed by atoms with van der Waals surface area (Å²) in [6, 6.07) is 2.26. The van der Waals surface area contributed by atoms with Gasteiger partial charge < -0.3 is 0 Å². The molecule has 0 heterocycles. The molecule has 0 fully saturated rings. The summed E-state index contributed by atoms with van der Waals surface area (Å²) >= 11 is 4.71. The van der Waals surface area contributed by atoms with E-state index in [0.29, 0.717) is 3.57 Å². The van der Waals surface area contributed by atoms with Gasteiger partial charge in [0.15, 0.2) is 0 Å². The second kappa shape index (κ2) is 3.65. The Hall–Kier alpha value is -0.240. The van der Waals surface area contributed by atoms with Crippen molar-refractivity contribution in [2.45, 2.75) is 0 Å². The molecular weight excluding hydrogens is 344 g/mol. The third-order valence-corrected chi connectivity index (χ3v) is 2.66. The fourth-order valence-electron chi connectivity index (χ4n) is 0.652. The van der Waals surface area contributed by atoms with Crippen LogP contribution in [-0.2, 0) is 0 Å². The zero-order valence-electron chi connectivity index (χ0n) is 5.55. The summed E-state index contributed by atoms with van der Waals surface area (Å²) in [5, 5.41) is 10.3. The van der Waals surface area contributed by atoms with E-state index in [0.717, 1.165) is 6.07 Å². The van der Waals surface area contributed by atoms with Crippen LogP contribution in [0.1, 0.15) is 0 Å². The fraction of sp³-hybridized carbons (Fsp3) is 0. The van der Waals surface area contributed by atoms with Gasteiger partial charge in [-0.2, -0.15) is 0 Å². The summed E-state index contributed by atoms with van der Waals surface area (Å²) in [7, 11) is 0. The second-order valence-corrected chi connectivity index (χ2v) is 3.99. The van der Waals surface area contributed by atoms with Crippen LogP contribution < -0.4 is 0 Å². The summed E-state index contributed by atoms with van der Waals surface area (Å²) in [5.41, 5.74) is -0.212. The number of rotatable bonds is 1. The maximum Gasteiger partial charge on any atom is 0.285 e. The number of halogens is 3. The maximum atomic E-state index is 12.8. The zero-order chi connectivity index (χ0) is 9.30. The maximum absolute atomic E-state index is 12.8. The predicted molar refractivity (Wildman–Crippen MR) is 53.5 cm³/mol. The van der Waals surface area contributed by atoms with E-state index >= 15 is 0 Å². The molecule has 0 saturated heterocycles. The van der Waals surface area contributed by atoms with Gasteiger partial charge in [-0.05, 0) is 44.6 Å². The minimum Gasteiger partial charge on any atom is -0.258 e. The summed E-state index contributed by atoms with van der Waals surface area (Å²) in [6.07, 6.45) is 0. The van der Waals surface area contributed by atoms with Gasteiger partial charge in [-0.1, -0.05) is 0 Å². The van der Waals surface area contributed by atoms with Gasteiger partial charge in [-0.3, -0.25) is 10.1 Å². The van der Waals surface area contributed by atoms with Crippen LogP contribution in [0.2, 0.25) is 0 Å². The molecule has 0 atom stereocenters. The Labute approximate surface area is 89.4 Å². The van der Waals surface area contributed by atoms with Crippen LogP contribution >= 0.6 is 38.5 Å². The van der Waals surface area contributed by atoms with E-state index in [-0.39, 0.29) is 10.2 Å². The van der Waals surface area contributed by atoms with E-state index < -0.39 is 10.7 Å². The Kier molecular flexibility index (Phi) is 2.99. The van der Waals surface area contributed by atoms with Crippen molar-refractivity contribution < 1.29 is 9.31 Å². The molecule has 0 N–H and O–H groups in total. The number of hydrogen-bond donors (Lipinski definition) is 0. The molecule has 1 rings (SSSR count). The molecule has 0 aliphatic carbocycles. The first-order chi connectivity index (χ1) is 5.52. The highest BCUT2D eigenvalue weighted by Gasteiger charge is 2.14. The molecule has 0 spiro atoms.